The number of nitrogens with one attached hydrogen (secondary N) is 1. The third-order valence-corrected chi connectivity index (χ3v) is 2.60. The topological polar surface area (TPSA) is 54.7 Å². The number of hydrogen-bond donors (Lipinski definition) is 2. The van der Waals surface area contributed by atoms with Gasteiger partial charge in [-0.1, -0.05) is 13.8 Å². The highest BCUT2D eigenvalue weighted by molar-refractivity contribution is 5.17. The van der Waals surface area contributed by atoms with E-state index in [4.69, 9.17) is 5.73 Å². The maximum Gasteiger partial charge on any atom is 0.126 e. The molecule has 0 aromatic carbocycles. The van der Waals surface area contributed by atoms with Crippen molar-refractivity contribution in [1.29, 1.82) is 0 Å². The lowest BCUT2D eigenvalue weighted by molar-refractivity contribution is 0.449. The molecule has 1 aromatic rings. The fraction of sp³-hybridized carbons (Fsp3) is 0.700. The first-order chi connectivity index (χ1) is 6.01. The molecule has 0 saturated carbocycles. The van der Waals surface area contributed by atoms with E-state index in [2.05, 4.69) is 23.8 Å². The van der Waals surface area contributed by atoms with E-state index in [0.29, 0.717) is 0 Å². The quantitative estimate of drug-likeness (QED) is 0.748. The van der Waals surface area contributed by atoms with Gasteiger partial charge in [0.25, 0.3) is 0 Å². The van der Waals surface area contributed by atoms with Crippen LogP contribution < -0.4 is 5.73 Å². The smallest absolute Gasteiger partial charge is 0.126 e. The number of aryl methyl sites for hydroxylation is 2. The van der Waals surface area contributed by atoms with E-state index in [0.717, 1.165) is 30.1 Å². The molecular weight excluding hydrogens is 162 g/mol. The third kappa shape index (κ3) is 1.91. The number of H-pyrrole nitrogens is 1. The maximum absolute atomic E-state index is 6.08. The van der Waals surface area contributed by atoms with Gasteiger partial charge in [-0.2, -0.15) is 0 Å². The van der Waals surface area contributed by atoms with Gasteiger partial charge in [-0.3, -0.25) is 0 Å². The van der Waals surface area contributed by atoms with E-state index in [-0.39, 0.29) is 5.54 Å². The second-order valence-electron chi connectivity index (χ2n) is 3.78. The molecule has 0 bridgehead atoms. The number of aromatic nitrogens is 2. The van der Waals surface area contributed by atoms with Crippen molar-refractivity contribution in [2.75, 3.05) is 0 Å². The van der Waals surface area contributed by atoms with Gasteiger partial charge in [-0.15, -0.1) is 0 Å². The normalized spacial score (nSPS) is 15.8. The molecule has 1 aromatic heterocycles. The molecule has 1 rings (SSSR count). The second kappa shape index (κ2) is 3.50. The van der Waals surface area contributed by atoms with Crippen LogP contribution in [0.5, 0.6) is 0 Å². The van der Waals surface area contributed by atoms with Crippen molar-refractivity contribution in [3.05, 3.63) is 17.2 Å². The van der Waals surface area contributed by atoms with Crippen LogP contribution in [0.2, 0.25) is 0 Å². The summed E-state index contributed by atoms with van der Waals surface area (Å²) in [7, 11) is 0. The fourth-order valence-electron chi connectivity index (χ4n) is 1.28. The monoisotopic (exact) mass is 181 g/mol. The predicted octanol–water partition coefficient (Wildman–Crippen LogP) is 1.86. The van der Waals surface area contributed by atoms with Crippen molar-refractivity contribution in [3.8, 4) is 0 Å². The summed E-state index contributed by atoms with van der Waals surface area (Å²) in [6, 6.07) is 0. The zero-order valence-electron chi connectivity index (χ0n) is 8.94. The van der Waals surface area contributed by atoms with Gasteiger partial charge in [-0.25, -0.2) is 4.98 Å². The molecule has 1 unspecified atom stereocenters. The highest BCUT2D eigenvalue weighted by Gasteiger charge is 2.22. The Kier molecular flexibility index (Phi) is 2.76. The van der Waals surface area contributed by atoms with Gasteiger partial charge in [0, 0.05) is 5.69 Å². The largest absolute Gasteiger partial charge is 0.344 e. The lowest BCUT2D eigenvalue weighted by Gasteiger charge is -2.19. The van der Waals surface area contributed by atoms with E-state index in [1.807, 2.05) is 13.8 Å². The molecule has 3 nitrogen and oxygen atoms in total. The summed E-state index contributed by atoms with van der Waals surface area (Å²) in [5.74, 6) is 0.907. The van der Waals surface area contributed by atoms with Gasteiger partial charge in [-0.05, 0) is 26.7 Å². The molecule has 0 spiro atoms. The predicted molar refractivity (Wildman–Crippen MR) is 54.5 cm³/mol. The molecule has 74 valence electrons. The van der Waals surface area contributed by atoms with Crippen molar-refractivity contribution in [2.24, 2.45) is 5.73 Å². The molecule has 0 radical (unpaired) electrons. The molecule has 3 N–H and O–H groups in total. The Morgan fingerprint density at radius 3 is 2.46 bits per heavy atom. The van der Waals surface area contributed by atoms with Gasteiger partial charge in [0.2, 0.25) is 0 Å². The van der Waals surface area contributed by atoms with Crippen LogP contribution in [0, 0.1) is 6.92 Å². The summed E-state index contributed by atoms with van der Waals surface area (Å²) >= 11 is 0. The Bertz CT molecular complexity index is 286. The van der Waals surface area contributed by atoms with Gasteiger partial charge in [0.1, 0.15) is 5.82 Å². The van der Waals surface area contributed by atoms with Gasteiger partial charge in [0.15, 0.2) is 0 Å². The number of aromatic amines is 1. The Labute approximate surface area is 79.8 Å². The zero-order valence-corrected chi connectivity index (χ0v) is 8.94. The van der Waals surface area contributed by atoms with E-state index >= 15 is 0 Å². The van der Waals surface area contributed by atoms with Crippen LogP contribution in [0.1, 0.15) is 44.4 Å². The van der Waals surface area contributed by atoms with Gasteiger partial charge >= 0.3 is 0 Å². The molecule has 3 heteroatoms. The molecule has 0 saturated heterocycles. The molecule has 0 aliphatic rings. The van der Waals surface area contributed by atoms with Crippen LogP contribution >= 0.6 is 0 Å². The first-order valence-electron chi connectivity index (χ1n) is 4.86. The minimum absolute atomic E-state index is 0.321. The highest BCUT2D eigenvalue weighted by Crippen LogP contribution is 2.19. The van der Waals surface area contributed by atoms with E-state index in [9.17, 15) is 0 Å². The summed E-state index contributed by atoms with van der Waals surface area (Å²) < 4.78 is 0. The minimum Gasteiger partial charge on any atom is -0.344 e. The van der Waals surface area contributed by atoms with Crippen molar-refractivity contribution >= 4 is 0 Å². The maximum atomic E-state index is 6.08. The van der Waals surface area contributed by atoms with Crippen LogP contribution in [0.25, 0.3) is 0 Å². The molecule has 1 heterocycles. The summed E-state index contributed by atoms with van der Waals surface area (Å²) in [6.07, 6.45) is 1.85. The average Bonchev–Trinajstić information content (AvgIpc) is 2.47. The molecule has 1 atom stereocenters. The summed E-state index contributed by atoms with van der Waals surface area (Å²) in [5, 5.41) is 0. The van der Waals surface area contributed by atoms with E-state index < -0.39 is 0 Å². The summed E-state index contributed by atoms with van der Waals surface area (Å²) in [4.78, 5) is 7.74. The van der Waals surface area contributed by atoms with Crippen molar-refractivity contribution < 1.29 is 0 Å². The number of nitrogens with zero attached hydrogens (tertiary/aromatic N) is 1. The second-order valence-corrected chi connectivity index (χ2v) is 3.78. The van der Waals surface area contributed by atoms with Crippen LogP contribution in [-0.4, -0.2) is 9.97 Å². The Hall–Kier alpha value is -0.830. The number of nitrogens with two attached hydrogens (primary N) is 1. The Morgan fingerprint density at radius 1 is 1.46 bits per heavy atom. The van der Waals surface area contributed by atoms with Crippen molar-refractivity contribution in [3.63, 3.8) is 0 Å². The summed E-state index contributed by atoms with van der Waals surface area (Å²) in [6.45, 7) is 8.22. The zero-order chi connectivity index (χ0) is 10.1. The summed E-state index contributed by atoms with van der Waals surface area (Å²) in [5.41, 5.74) is 8.03. The van der Waals surface area contributed by atoms with E-state index in [1.165, 1.54) is 0 Å². The lowest BCUT2D eigenvalue weighted by atomic mass is 10.0. The molecular formula is C10H19N3. The standard InChI is InChI=1S/C10H19N3/c1-5-8-7(3)12-9(13-8)10(4,11)6-2/h5-6,11H2,1-4H3,(H,12,13). The van der Waals surface area contributed by atoms with Crippen LogP contribution in [-0.2, 0) is 12.0 Å². The average molecular weight is 181 g/mol. The molecule has 13 heavy (non-hydrogen) atoms. The number of rotatable bonds is 3. The minimum atomic E-state index is -0.321. The molecule has 0 aliphatic heterocycles. The van der Waals surface area contributed by atoms with E-state index in [1.54, 1.807) is 0 Å². The van der Waals surface area contributed by atoms with Crippen LogP contribution in [0.15, 0.2) is 0 Å². The van der Waals surface area contributed by atoms with Crippen LogP contribution in [0.3, 0.4) is 0 Å². The first-order valence-corrected chi connectivity index (χ1v) is 4.86. The first kappa shape index (κ1) is 10.3. The molecule has 0 fully saturated rings. The molecule has 0 amide bonds. The van der Waals surface area contributed by atoms with Crippen LogP contribution in [0.4, 0.5) is 0 Å². The fourth-order valence-corrected chi connectivity index (χ4v) is 1.28. The number of hydrogen-bond acceptors (Lipinski definition) is 2. The lowest BCUT2D eigenvalue weighted by Crippen LogP contribution is -2.33. The molecule has 0 aliphatic carbocycles. The Morgan fingerprint density at radius 2 is 2.08 bits per heavy atom. The van der Waals surface area contributed by atoms with Crippen molar-refractivity contribution in [2.45, 2.75) is 46.1 Å². The van der Waals surface area contributed by atoms with Gasteiger partial charge < -0.3 is 10.7 Å². The van der Waals surface area contributed by atoms with Crippen molar-refractivity contribution in [1.82, 2.24) is 9.97 Å². The Balaban J connectivity index is 3.03. The number of imidazole rings is 1. The highest BCUT2D eigenvalue weighted by atomic mass is 15.0. The SMILES string of the molecule is CCc1nc(C(C)(N)CC)[nH]c1C. The van der Waals surface area contributed by atoms with Gasteiger partial charge in [0.05, 0.1) is 11.2 Å². The third-order valence-electron chi connectivity index (χ3n) is 2.60.